The highest BCUT2D eigenvalue weighted by Gasteiger charge is 2.11. The summed E-state index contributed by atoms with van der Waals surface area (Å²) >= 11 is 0. The summed E-state index contributed by atoms with van der Waals surface area (Å²) < 4.78 is 0. The number of nitrogens with zero attached hydrogens (tertiary/aromatic N) is 2. The number of aliphatic carboxylic acids is 1. The molecule has 0 aliphatic heterocycles. The predicted octanol–water partition coefficient (Wildman–Crippen LogP) is 1.57. The summed E-state index contributed by atoms with van der Waals surface area (Å²) in [6, 6.07) is 1.34. The first kappa shape index (κ1) is 13.2. The van der Waals surface area contributed by atoms with E-state index < -0.39 is 12.0 Å². The normalized spacial score (nSPS) is 13.8. The van der Waals surface area contributed by atoms with E-state index in [0.29, 0.717) is 17.7 Å². The second-order valence-electron chi connectivity index (χ2n) is 3.95. The van der Waals surface area contributed by atoms with Crippen LogP contribution in [0.25, 0.3) is 0 Å². The van der Waals surface area contributed by atoms with E-state index in [4.69, 9.17) is 5.11 Å². The van der Waals surface area contributed by atoms with E-state index in [1.54, 1.807) is 13.0 Å². The number of carbonyl (C=O) groups is 1. The third kappa shape index (κ3) is 4.26. The number of nitrogens with one attached hydrogen (secondary N) is 2. The number of aromatic nitrogens is 2. The third-order valence-electron chi connectivity index (χ3n) is 2.41. The lowest BCUT2D eigenvalue weighted by molar-refractivity contribution is -0.137. The van der Waals surface area contributed by atoms with Crippen LogP contribution in [0.15, 0.2) is 12.4 Å². The standard InChI is InChI=1S/C11H18N4O2/c1-4-7(2)14-9-5-10(13-6-12-9)15-8(3)11(16)17/h5-8H,4H2,1-3H3,(H,16,17)(H2,12,13,14,15). The molecule has 0 saturated carbocycles. The summed E-state index contributed by atoms with van der Waals surface area (Å²) in [7, 11) is 0. The van der Waals surface area contributed by atoms with Gasteiger partial charge in [0.25, 0.3) is 0 Å². The van der Waals surface area contributed by atoms with Gasteiger partial charge in [0.05, 0.1) is 0 Å². The topological polar surface area (TPSA) is 87.1 Å². The van der Waals surface area contributed by atoms with Gasteiger partial charge in [-0.15, -0.1) is 0 Å². The van der Waals surface area contributed by atoms with E-state index in [9.17, 15) is 4.79 Å². The Morgan fingerprint density at radius 1 is 1.35 bits per heavy atom. The van der Waals surface area contributed by atoms with Gasteiger partial charge in [0.1, 0.15) is 24.0 Å². The van der Waals surface area contributed by atoms with E-state index in [0.717, 1.165) is 6.42 Å². The van der Waals surface area contributed by atoms with Crippen LogP contribution in [-0.2, 0) is 4.79 Å². The van der Waals surface area contributed by atoms with Crippen molar-refractivity contribution < 1.29 is 9.90 Å². The van der Waals surface area contributed by atoms with E-state index >= 15 is 0 Å². The van der Waals surface area contributed by atoms with Gasteiger partial charge in [-0.2, -0.15) is 0 Å². The van der Waals surface area contributed by atoms with Crippen molar-refractivity contribution in [1.82, 2.24) is 9.97 Å². The zero-order chi connectivity index (χ0) is 12.8. The maximum absolute atomic E-state index is 10.7. The van der Waals surface area contributed by atoms with Crippen molar-refractivity contribution in [2.24, 2.45) is 0 Å². The van der Waals surface area contributed by atoms with E-state index in [-0.39, 0.29) is 0 Å². The van der Waals surface area contributed by atoms with Gasteiger partial charge in [-0.3, -0.25) is 4.79 Å². The number of hydrogen-bond acceptors (Lipinski definition) is 5. The fourth-order valence-corrected chi connectivity index (χ4v) is 1.15. The second kappa shape index (κ2) is 6.03. The second-order valence-corrected chi connectivity index (χ2v) is 3.95. The smallest absolute Gasteiger partial charge is 0.325 e. The van der Waals surface area contributed by atoms with Gasteiger partial charge in [0.15, 0.2) is 0 Å². The monoisotopic (exact) mass is 238 g/mol. The number of rotatable bonds is 6. The van der Waals surface area contributed by atoms with Gasteiger partial charge in [-0.25, -0.2) is 9.97 Å². The summed E-state index contributed by atoms with van der Waals surface area (Å²) in [5.74, 6) is 0.273. The molecule has 2 atom stereocenters. The molecule has 0 aliphatic carbocycles. The molecule has 0 amide bonds. The molecule has 6 heteroatoms. The van der Waals surface area contributed by atoms with Crippen molar-refractivity contribution >= 4 is 17.6 Å². The van der Waals surface area contributed by atoms with Crippen molar-refractivity contribution in [2.45, 2.75) is 39.3 Å². The van der Waals surface area contributed by atoms with Crippen molar-refractivity contribution in [2.75, 3.05) is 10.6 Å². The molecule has 0 saturated heterocycles. The fraction of sp³-hybridized carbons (Fsp3) is 0.545. The average Bonchev–Trinajstić information content (AvgIpc) is 2.29. The quantitative estimate of drug-likeness (QED) is 0.697. The van der Waals surface area contributed by atoms with Crippen molar-refractivity contribution in [1.29, 1.82) is 0 Å². The first-order chi connectivity index (χ1) is 8.02. The molecule has 1 aromatic heterocycles. The number of carboxylic acid groups (broad SMARTS) is 1. The van der Waals surface area contributed by atoms with Crippen LogP contribution in [-0.4, -0.2) is 33.1 Å². The molecular weight excluding hydrogens is 220 g/mol. The van der Waals surface area contributed by atoms with E-state index in [2.05, 4.69) is 34.4 Å². The van der Waals surface area contributed by atoms with Gasteiger partial charge >= 0.3 is 5.97 Å². The Bertz CT molecular complexity index is 383. The lowest BCUT2D eigenvalue weighted by atomic mass is 10.2. The van der Waals surface area contributed by atoms with Crippen molar-refractivity contribution in [3.05, 3.63) is 12.4 Å². The molecule has 0 bridgehead atoms. The Labute approximate surface area is 100 Å². The van der Waals surface area contributed by atoms with E-state index in [1.807, 2.05) is 0 Å². The molecule has 0 fully saturated rings. The molecule has 0 radical (unpaired) electrons. The highest BCUT2D eigenvalue weighted by molar-refractivity contribution is 5.76. The number of anilines is 2. The molecular formula is C11H18N4O2. The van der Waals surface area contributed by atoms with Gasteiger partial charge in [-0.05, 0) is 20.3 Å². The number of hydrogen-bond donors (Lipinski definition) is 3. The van der Waals surface area contributed by atoms with E-state index in [1.165, 1.54) is 6.33 Å². The average molecular weight is 238 g/mol. The van der Waals surface area contributed by atoms with Crippen LogP contribution >= 0.6 is 0 Å². The van der Waals surface area contributed by atoms with Crippen LogP contribution in [0.1, 0.15) is 27.2 Å². The Balaban J connectivity index is 2.68. The summed E-state index contributed by atoms with van der Waals surface area (Å²) in [4.78, 5) is 18.7. The lowest BCUT2D eigenvalue weighted by Crippen LogP contribution is -2.26. The predicted molar refractivity (Wildman–Crippen MR) is 66.1 cm³/mol. The van der Waals surface area contributed by atoms with Crippen molar-refractivity contribution in [3.63, 3.8) is 0 Å². The fourth-order valence-electron chi connectivity index (χ4n) is 1.15. The SMILES string of the molecule is CCC(C)Nc1cc(NC(C)C(=O)O)ncn1. The van der Waals surface area contributed by atoms with Crippen LogP contribution in [0.4, 0.5) is 11.6 Å². The van der Waals surface area contributed by atoms with Crippen LogP contribution < -0.4 is 10.6 Å². The van der Waals surface area contributed by atoms with Gasteiger partial charge < -0.3 is 15.7 Å². The molecule has 1 rings (SSSR count). The van der Waals surface area contributed by atoms with Crippen LogP contribution in [0.3, 0.4) is 0 Å². The minimum atomic E-state index is -0.917. The zero-order valence-corrected chi connectivity index (χ0v) is 10.3. The van der Waals surface area contributed by atoms with Crippen LogP contribution in [0.5, 0.6) is 0 Å². The minimum absolute atomic E-state index is 0.314. The third-order valence-corrected chi connectivity index (χ3v) is 2.41. The molecule has 0 aliphatic rings. The molecule has 0 spiro atoms. The van der Waals surface area contributed by atoms with Crippen LogP contribution in [0.2, 0.25) is 0 Å². The molecule has 2 unspecified atom stereocenters. The van der Waals surface area contributed by atoms with Crippen molar-refractivity contribution in [3.8, 4) is 0 Å². The lowest BCUT2D eigenvalue weighted by Gasteiger charge is -2.14. The summed E-state index contributed by atoms with van der Waals surface area (Å²) in [5.41, 5.74) is 0. The molecule has 6 nitrogen and oxygen atoms in total. The maximum atomic E-state index is 10.7. The Hall–Kier alpha value is -1.85. The summed E-state index contributed by atoms with van der Waals surface area (Å²) in [6.07, 6.45) is 2.39. The Kier molecular flexibility index (Phi) is 4.68. The molecule has 1 aromatic rings. The first-order valence-electron chi connectivity index (χ1n) is 5.60. The first-order valence-corrected chi connectivity index (χ1v) is 5.60. The molecule has 0 aromatic carbocycles. The summed E-state index contributed by atoms with van der Waals surface area (Å²) in [5, 5.41) is 14.8. The summed E-state index contributed by atoms with van der Waals surface area (Å²) in [6.45, 7) is 5.69. The van der Waals surface area contributed by atoms with Gasteiger partial charge in [0, 0.05) is 12.1 Å². The van der Waals surface area contributed by atoms with Gasteiger partial charge in [0.2, 0.25) is 0 Å². The van der Waals surface area contributed by atoms with Crippen LogP contribution in [0, 0.1) is 0 Å². The Morgan fingerprint density at radius 2 is 1.94 bits per heavy atom. The highest BCUT2D eigenvalue weighted by Crippen LogP contribution is 2.11. The van der Waals surface area contributed by atoms with Gasteiger partial charge in [-0.1, -0.05) is 6.92 Å². The molecule has 3 N–H and O–H groups in total. The Morgan fingerprint density at radius 3 is 2.47 bits per heavy atom. The maximum Gasteiger partial charge on any atom is 0.325 e. The number of carboxylic acids is 1. The zero-order valence-electron chi connectivity index (χ0n) is 10.3. The molecule has 94 valence electrons. The molecule has 17 heavy (non-hydrogen) atoms. The minimum Gasteiger partial charge on any atom is -0.480 e. The molecule has 1 heterocycles. The largest absolute Gasteiger partial charge is 0.480 e. The highest BCUT2D eigenvalue weighted by atomic mass is 16.4.